The van der Waals surface area contributed by atoms with E-state index >= 15 is 0 Å². The molecule has 0 fully saturated rings. The van der Waals surface area contributed by atoms with Crippen molar-refractivity contribution in [1.82, 2.24) is 0 Å². The van der Waals surface area contributed by atoms with Crippen LogP contribution in [0, 0.1) is 0 Å². The van der Waals surface area contributed by atoms with Gasteiger partial charge in [0.25, 0.3) is 0 Å². The van der Waals surface area contributed by atoms with E-state index in [0.717, 1.165) is 17.1 Å². The van der Waals surface area contributed by atoms with Crippen LogP contribution < -0.4 is 9.47 Å². The van der Waals surface area contributed by atoms with Gasteiger partial charge in [0.1, 0.15) is 11.5 Å². The van der Waals surface area contributed by atoms with E-state index in [1.165, 1.54) is 0 Å². The predicted octanol–water partition coefficient (Wildman–Crippen LogP) is 3.02. The summed E-state index contributed by atoms with van der Waals surface area (Å²) < 4.78 is 10.9. The van der Waals surface area contributed by atoms with Gasteiger partial charge in [0.2, 0.25) is 0 Å². The summed E-state index contributed by atoms with van der Waals surface area (Å²) in [7, 11) is 1.63. The molecule has 0 saturated carbocycles. The average Bonchev–Trinajstić information content (AvgIpc) is 2.43. The zero-order valence-corrected chi connectivity index (χ0v) is 9.31. The monoisotopic (exact) mass is 212 g/mol. The number of ether oxygens (including phenoxy) is 2. The Kier molecular flexibility index (Phi) is 2.11. The number of hydrogen-bond acceptors (Lipinski definition) is 2. The largest absolute Gasteiger partial charge is 0.495 e. The van der Waals surface area contributed by atoms with Crippen LogP contribution in [-0.2, 0) is 5.41 Å². The summed E-state index contributed by atoms with van der Waals surface area (Å²) in [5, 5.41) is 0.643. The summed E-state index contributed by atoms with van der Waals surface area (Å²) in [5.41, 5.74) is 1.05. The number of methoxy groups -OCH3 is 1. The summed E-state index contributed by atoms with van der Waals surface area (Å²) >= 11 is 6.05. The van der Waals surface area contributed by atoms with E-state index in [-0.39, 0.29) is 5.41 Å². The summed E-state index contributed by atoms with van der Waals surface area (Å²) in [4.78, 5) is 0. The summed E-state index contributed by atoms with van der Waals surface area (Å²) in [6.45, 7) is 4.92. The van der Waals surface area contributed by atoms with Gasteiger partial charge in [0.15, 0.2) is 0 Å². The van der Waals surface area contributed by atoms with Crippen molar-refractivity contribution in [2.24, 2.45) is 0 Å². The lowest BCUT2D eigenvalue weighted by Crippen LogP contribution is -2.19. The second-order valence-corrected chi connectivity index (χ2v) is 4.53. The van der Waals surface area contributed by atoms with Crippen molar-refractivity contribution in [2.75, 3.05) is 13.7 Å². The molecule has 2 rings (SSSR count). The fourth-order valence-electron chi connectivity index (χ4n) is 1.83. The van der Waals surface area contributed by atoms with Gasteiger partial charge in [-0.15, -0.1) is 0 Å². The van der Waals surface area contributed by atoms with E-state index in [4.69, 9.17) is 21.1 Å². The molecule has 1 aliphatic heterocycles. The first-order valence-corrected chi connectivity index (χ1v) is 4.94. The fourth-order valence-corrected chi connectivity index (χ4v) is 2.06. The van der Waals surface area contributed by atoms with E-state index in [9.17, 15) is 0 Å². The molecule has 0 aliphatic carbocycles. The van der Waals surface area contributed by atoms with Crippen molar-refractivity contribution in [3.63, 3.8) is 0 Å². The molecule has 0 bridgehead atoms. The van der Waals surface area contributed by atoms with E-state index in [1.807, 2.05) is 6.07 Å². The maximum absolute atomic E-state index is 6.05. The highest BCUT2D eigenvalue weighted by atomic mass is 35.5. The minimum atomic E-state index is -0.0222. The van der Waals surface area contributed by atoms with Crippen molar-refractivity contribution in [3.05, 3.63) is 22.7 Å². The highest BCUT2D eigenvalue weighted by Crippen LogP contribution is 2.47. The standard InChI is InChI=1S/C11H13ClO2/c1-11(2)6-14-8-5-4-7(12)10(13-3)9(8)11/h4-5H,6H2,1-3H3. The van der Waals surface area contributed by atoms with Gasteiger partial charge in [-0.25, -0.2) is 0 Å². The van der Waals surface area contributed by atoms with Crippen LogP contribution in [0.25, 0.3) is 0 Å². The van der Waals surface area contributed by atoms with Crippen LogP contribution in [0.3, 0.4) is 0 Å². The topological polar surface area (TPSA) is 18.5 Å². The van der Waals surface area contributed by atoms with E-state index in [0.29, 0.717) is 11.6 Å². The van der Waals surface area contributed by atoms with E-state index in [2.05, 4.69) is 13.8 Å². The minimum Gasteiger partial charge on any atom is -0.495 e. The number of halogens is 1. The molecule has 1 aromatic rings. The average molecular weight is 213 g/mol. The van der Waals surface area contributed by atoms with Crippen LogP contribution in [0.15, 0.2) is 12.1 Å². The molecule has 0 amide bonds. The Bertz CT molecular complexity index is 372. The second-order valence-electron chi connectivity index (χ2n) is 4.13. The van der Waals surface area contributed by atoms with Gasteiger partial charge in [-0.3, -0.25) is 0 Å². The van der Waals surface area contributed by atoms with Crippen LogP contribution in [0.2, 0.25) is 5.02 Å². The van der Waals surface area contributed by atoms with Gasteiger partial charge in [-0.1, -0.05) is 25.4 Å². The minimum absolute atomic E-state index is 0.0222. The number of fused-ring (bicyclic) bond motifs is 1. The van der Waals surface area contributed by atoms with Gasteiger partial charge in [0.05, 0.1) is 18.7 Å². The second kappa shape index (κ2) is 3.06. The molecule has 1 aromatic carbocycles. The van der Waals surface area contributed by atoms with Gasteiger partial charge in [-0.2, -0.15) is 0 Å². The number of rotatable bonds is 1. The molecular weight excluding hydrogens is 200 g/mol. The molecule has 0 N–H and O–H groups in total. The lowest BCUT2D eigenvalue weighted by molar-refractivity contribution is 0.289. The first-order valence-electron chi connectivity index (χ1n) is 4.56. The molecule has 0 saturated heterocycles. The zero-order chi connectivity index (χ0) is 10.3. The quantitative estimate of drug-likeness (QED) is 0.713. The normalized spacial score (nSPS) is 17.4. The maximum Gasteiger partial charge on any atom is 0.145 e. The maximum atomic E-state index is 6.05. The molecule has 1 heterocycles. The first kappa shape index (κ1) is 9.66. The zero-order valence-electron chi connectivity index (χ0n) is 8.56. The SMILES string of the molecule is COc1c(Cl)ccc2c1C(C)(C)CO2. The van der Waals surface area contributed by atoms with Crippen LogP contribution in [-0.4, -0.2) is 13.7 Å². The Hall–Kier alpha value is -0.890. The third-order valence-electron chi connectivity index (χ3n) is 2.54. The molecule has 0 spiro atoms. The Morgan fingerprint density at radius 2 is 2.14 bits per heavy atom. The van der Waals surface area contributed by atoms with E-state index < -0.39 is 0 Å². The molecule has 76 valence electrons. The summed E-state index contributed by atoms with van der Waals surface area (Å²) in [5.74, 6) is 1.63. The highest BCUT2D eigenvalue weighted by Gasteiger charge is 2.35. The smallest absolute Gasteiger partial charge is 0.145 e. The molecule has 14 heavy (non-hydrogen) atoms. The van der Waals surface area contributed by atoms with Crippen LogP contribution in [0.4, 0.5) is 0 Å². The van der Waals surface area contributed by atoms with Crippen molar-refractivity contribution in [3.8, 4) is 11.5 Å². The van der Waals surface area contributed by atoms with Crippen molar-refractivity contribution in [2.45, 2.75) is 19.3 Å². The first-order chi connectivity index (χ1) is 6.56. The Morgan fingerprint density at radius 3 is 2.79 bits per heavy atom. The number of hydrogen-bond donors (Lipinski definition) is 0. The lowest BCUT2D eigenvalue weighted by atomic mass is 9.86. The van der Waals surface area contributed by atoms with E-state index in [1.54, 1.807) is 13.2 Å². The summed E-state index contributed by atoms with van der Waals surface area (Å²) in [6, 6.07) is 3.70. The predicted molar refractivity (Wildman–Crippen MR) is 56.5 cm³/mol. The Morgan fingerprint density at radius 1 is 1.43 bits per heavy atom. The fraction of sp³-hybridized carbons (Fsp3) is 0.455. The van der Waals surface area contributed by atoms with Crippen molar-refractivity contribution < 1.29 is 9.47 Å². The molecule has 0 radical (unpaired) electrons. The molecular formula is C11H13ClO2. The van der Waals surface area contributed by atoms with Gasteiger partial charge < -0.3 is 9.47 Å². The van der Waals surface area contributed by atoms with Crippen molar-refractivity contribution in [1.29, 1.82) is 0 Å². The third kappa shape index (κ3) is 1.25. The summed E-state index contributed by atoms with van der Waals surface area (Å²) in [6.07, 6.45) is 0. The van der Waals surface area contributed by atoms with Gasteiger partial charge >= 0.3 is 0 Å². The van der Waals surface area contributed by atoms with Crippen LogP contribution >= 0.6 is 11.6 Å². The molecule has 0 aromatic heterocycles. The molecule has 0 atom stereocenters. The Balaban J connectivity index is 2.66. The molecule has 0 unspecified atom stereocenters. The van der Waals surface area contributed by atoms with Crippen LogP contribution in [0.5, 0.6) is 11.5 Å². The highest BCUT2D eigenvalue weighted by molar-refractivity contribution is 6.32. The van der Waals surface area contributed by atoms with Crippen molar-refractivity contribution >= 4 is 11.6 Å². The molecule has 3 heteroatoms. The van der Waals surface area contributed by atoms with Gasteiger partial charge in [-0.05, 0) is 12.1 Å². The molecule has 2 nitrogen and oxygen atoms in total. The van der Waals surface area contributed by atoms with Crippen LogP contribution in [0.1, 0.15) is 19.4 Å². The number of benzene rings is 1. The molecule has 1 aliphatic rings. The Labute approximate surface area is 88.8 Å². The lowest BCUT2D eigenvalue weighted by Gasteiger charge is -2.18. The third-order valence-corrected chi connectivity index (χ3v) is 2.84. The van der Waals surface area contributed by atoms with Gasteiger partial charge in [0, 0.05) is 11.0 Å².